The standard InChI is InChI=1S/C15H24O5Si/c1-4-21(5-2,6-3)20-11-9-10(16)13-14(18-13)15(11)8-7-12(17)19-15/h11,13-14H,4-9H2,1-3H3/t11-,13+,14+,15+/m1/s1. The Bertz CT molecular complexity index is 453. The first-order chi connectivity index (χ1) is 10.00. The summed E-state index contributed by atoms with van der Waals surface area (Å²) < 4.78 is 17.7. The number of ketones is 1. The van der Waals surface area contributed by atoms with Crippen molar-refractivity contribution in [1.82, 2.24) is 0 Å². The van der Waals surface area contributed by atoms with Crippen molar-refractivity contribution in [3.63, 3.8) is 0 Å². The van der Waals surface area contributed by atoms with Gasteiger partial charge in [0.15, 0.2) is 19.7 Å². The Labute approximate surface area is 126 Å². The van der Waals surface area contributed by atoms with Gasteiger partial charge in [0.1, 0.15) is 12.2 Å². The minimum atomic E-state index is -1.86. The number of rotatable bonds is 5. The monoisotopic (exact) mass is 312 g/mol. The first-order valence-electron chi connectivity index (χ1n) is 8.08. The fourth-order valence-electron chi connectivity index (χ4n) is 3.87. The van der Waals surface area contributed by atoms with E-state index in [9.17, 15) is 9.59 Å². The van der Waals surface area contributed by atoms with Crippen molar-refractivity contribution in [3.05, 3.63) is 0 Å². The van der Waals surface area contributed by atoms with Gasteiger partial charge in [-0.05, 0) is 18.1 Å². The number of esters is 1. The largest absolute Gasteiger partial charge is 0.453 e. The third kappa shape index (κ3) is 2.28. The highest BCUT2D eigenvalue weighted by atomic mass is 28.4. The maximum atomic E-state index is 12.1. The van der Waals surface area contributed by atoms with Gasteiger partial charge in [0.2, 0.25) is 0 Å². The van der Waals surface area contributed by atoms with Crippen molar-refractivity contribution in [2.45, 2.75) is 82.1 Å². The molecule has 0 aromatic carbocycles. The van der Waals surface area contributed by atoms with E-state index in [4.69, 9.17) is 13.9 Å². The molecule has 3 rings (SSSR count). The molecule has 0 aromatic rings. The van der Waals surface area contributed by atoms with Crippen LogP contribution in [0.5, 0.6) is 0 Å². The molecule has 1 spiro atoms. The molecule has 21 heavy (non-hydrogen) atoms. The van der Waals surface area contributed by atoms with Crippen LogP contribution in [-0.4, -0.2) is 44.0 Å². The highest BCUT2D eigenvalue weighted by Crippen LogP contribution is 2.51. The van der Waals surface area contributed by atoms with Crippen molar-refractivity contribution >= 4 is 20.1 Å². The molecular weight excluding hydrogens is 288 g/mol. The van der Waals surface area contributed by atoms with Gasteiger partial charge in [-0.2, -0.15) is 0 Å². The average molecular weight is 312 g/mol. The van der Waals surface area contributed by atoms with Crippen LogP contribution in [0.2, 0.25) is 18.1 Å². The van der Waals surface area contributed by atoms with E-state index in [1.54, 1.807) is 0 Å². The molecule has 2 aliphatic heterocycles. The van der Waals surface area contributed by atoms with E-state index in [1.807, 2.05) is 0 Å². The number of carbonyl (C=O) groups excluding carboxylic acids is 2. The zero-order valence-electron chi connectivity index (χ0n) is 13.0. The maximum Gasteiger partial charge on any atom is 0.306 e. The molecule has 2 saturated heterocycles. The predicted molar refractivity (Wildman–Crippen MR) is 78.4 cm³/mol. The van der Waals surface area contributed by atoms with Gasteiger partial charge >= 0.3 is 5.97 Å². The second-order valence-electron chi connectivity index (χ2n) is 6.43. The first kappa shape index (κ1) is 15.2. The van der Waals surface area contributed by atoms with Gasteiger partial charge in [-0.15, -0.1) is 0 Å². The summed E-state index contributed by atoms with van der Waals surface area (Å²) in [5.74, 6) is -0.0891. The number of carbonyl (C=O) groups is 2. The van der Waals surface area contributed by atoms with E-state index in [-0.39, 0.29) is 30.1 Å². The third-order valence-corrected chi connectivity index (χ3v) is 10.2. The summed E-state index contributed by atoms with van der Waals surface area (Å²) in [5, 5.41) is 0. The van der Waals surface area contributed by atoms with Crippen LogP contribution < -0.4 is 0 Å². The van der Waals surface area contributed by atoms with Gasteiger partial charge in [0, 0.05) is 19.3 Å². The first-order valence-corrected chi connectivity index (χ1v) is 10.6. The summed E-state index contributed by atoms with van der Waals surface area (Å²) >= 11 is 0. The van der Waals surface area contributed by atoms with Gasteiger partial charge < -0.3 is 13.9 Å². The molecule has 0 bridgehead atoms. The summed E-state index contributed by atoms with van der Waals surface area (Å²) in [5.41, 5.74) is -0.701. The predicted octanol–water partition coefficient (Wildman–Crippen LogP) is 2.19. The highest BCUT2D eigenvalue weighted by molar-refractivity contribution is 6.73. The number of Topliss-reactive ketones (excluding diaryl/α,β-unsaturated/α-hetero) is 1. The lowest BCUT2D eigenvalue weighted by atomic mass is 9.80. The minimum Gasteiger partial charge on any atom is -0.453 e. The van der Waals surface area contributed by atoms with Crippen molar-refractivity contribution < 1.29 is 23.5 Å². The molecule has 4 atom stereocenters. The lowest BCUT2D eigenvalue weighted by molar-refractivity contribution is -0.163. The van der Waals surface area contributed by atoms with E-state index in [2.05, 4.69) is 20.8 Å². The van der Waals surface area contributed by atoms with Crippen molar-refractivity contribution in [2.24, 2.45) is 0 Å². The second kappa shape index (κ2) is 5.17. The third-order valence-electron chi connectivity index (χ3n) is 5.57. The average Bonchev–Trinajstić information content (AvgIpc) is 3.22. The van der Waals surface area contributed by atoms with E-state index < -0.39 is 13.9 Å². The molecule has 0 unspecified atom stereocenters. The van der Waals surface area contributed by atoms with Crippen molar-refractivity contribution in [3.8, 4) is 0 Å². The Morgan fingerprint density at radius 1 is 1.24 bits per heavy atom. The maximum absolute atomic E-state index is 12.1. The second-order valence-corrected chi connectivity index (χ2v) is 11.1. The van der Waals surface area contributed by atoms with Crippen molar-refractivity contribution in [1.29, 1.82) is 0 Å². The number of hydrogen-bond donors (Lipinski definition) is 0. The molecule has 2 heterocycles. The Hall–Kier alpha value is -0.723. The molecule has 0 amide bonds. The Kier molecular flexibility index (Phi) is 3.74. The molecule has 0 N–H and O–H groups in total. The summed E-state index contributed by atoms with van der Waals surface area (Å²) in [7, 11) is -1.86. The topological polar surface area (TPSA) is 65.1 Å². The molecule has 0 radical (unpaired) electrons. The van der Waals surface area contributed by atoms with E-state index >= 15 is 0 Å². The number of epoxide rings is 1. The van der Waals surface area contributed by atoms with Gasteiger partial charge in [0.05, 0.1) is 6.10 Å². The summed E-state index contributed by atoms with van der Waals surface area (Å²) in [6.45, 7) is 6.48. The van der Waals surface area contributed by atoms with E-state index in [0.29, 0.717) is 19.3 Å². The van der Waals surface area contributed by atoms with E-state index in [0.717, 1.165) is 18.1 Å². The Morgan fingerprint density at radius 3 is 2.43 bits per heavy atom. The molecule has 3 fully saturated rings. The van der Waals surface area contributed by atoms with Crippen LogP contribution in [0.15, 0.2) is 0 Å². The number of fused-ring (bicyclic) bond motifs is 2. The Balaban J connectivity index is 1.87. The lowest BCUT2D eigenvalue weighted by Crippen LogP contribution is -2.58. The molecule has 6 heteroatoms. The lowest BCUT2D eigenvalue weighted by Gasteiger charge is -2.42. The molecule has 5 nitrogen and oxygen atoms in total. The fourth-order valence-corrected chi connectivity index (χ4v) is 6.75. The molecular formula is C15H24O5Si. The molecule has 1 saturated carbocycles. The van der Waals surface area contributed by atoms with Crippen LogP contribution in [0.4, 0.5) is 0 Å². The summed E-state index contributed by atoms with van der Waals surface area (Å²) in [6.07, 6.45) is 0.394. The smallest absolute Gasteiger partial charge is 0.306 e. The quantitative estimate of drug-likeness (QED) is 0.442. The normalized spacial score (nSPS) is 38.5. The molecule has 0 aromatic heterocycles. The number of ether oxygens (including phenoxy) is 2. The van der Waals surface area contributed by atoms with Crippen molar-refractivity contribution in [2.75, 3.05) is 0 Å². The molecule has 1 aliphatic carbocycles. The van der Waals surface area contributed by atoms with Gasteiger partial charge in [-0.3, -0.25) is 9.59 Å². The van der Waals surface area contributed by atoms with Gasteiger partial charge in [-0.1, -0.05) is 20.8 Å². The van der Waals surface area contributed by atoms with Crippen LogP contribution in [0.3, 0.4) is 0 Å². The Morgan fingerprint density at radius 2 is 1.90 bits per heavy atom. The van der Waals surface area contributed by atoms with Crippen LogP contribution in [0.1, 0.15) is 40.0 Å². The highest BCUT2D eigenvalue weighted by Gasteiger charge is 2.70. The minimum absolute atomic E-state index is 0.102. The van der Waals surface area contributed by atoms with Crippen LogP contribution in [0.25, 0.3) is 0 Å². The zero-order valence-corrected chi connectivity index (χ0v) is 14.0. The van der Waals surface area contributed by atoms with Gasteiger partial charge in [0.25, 0.3) is 0 Å². The summed E-state index contributed by atoms with van der Waals surface area (Å²) in [6, 6.07) is 3.05. The van der Waals surface area contributed by atoms with Crippen LogP contribution in [-0.2, 0) is 23.5 Å². The van der Waals surface area contributed by atoms with Crippen LogP contribution in [0, 0.1) is 0 Å². The SMILES string of the molecule is CC[Si](CC)(CC)O[C@@H]1CC(=O)[C@@H]2O[C@@H]2[C@]12CCC(=O)O2. The summed E-state index contributed by atoms with van der Waals surface area (Å²) in [4.78, 5) is 23.8. The molecule has 3 aliphatic rings. The fraction of sp³-hybridized carbons (Fsp3) is 0.867. The van der Waals surface area contributed by atoms with Crippen LogP contribution >= 0.6 is 0 Å². The van der Waals surface area contributed by atoms with E-state index in [1.165, 1.54) is 0 Å². The number of hydrogen-bond acceptors (Lipinski definition) is 5. The van der Waals surface area contributed by atoms with Gasteiger partial charge in [-0.25, -0.2) is 0 Å². The zero-order chi connectivity index (χ0) is 15.3. The molecule has 118 valence electrons.